The van der Waals surface area contributed by atoms with Gasteiger partial charge in [-0.15, -0.1) is 0 Å². The number of anilines is 1. The van der Waals surface area contributed by atoms with E-state index in [-0.39, 0.29) is 5.82 Å². The van der Waals surface area contributed by atoms with Crippen LogP contribution in [0.5, 0.6) is 11.6 Å². The molecule has 1 aromatic heterocycles. The summed E-state index contributed by atoms with van der Waals surface area (Å²) in [6.07, 6.45) is 3.18. The Morgan fingerprint density at radius 1 is 1.17 bits per heavy atom. The van der Waals surface area contributed by atoms with Gasteiger partial charge in [0.15, 0.2) is 5.75 Å². The van der Waals surface area contributed by atoms with Gasteiger partial charge in [-0.3, -0.25) is 0 Å². The van der Waals surface area contributed by atoms with E-state index in [0.717, 1.165) is 25.0 Å². The highest BCUT2D eigenvalue weighted by Crippen LogP contribution is 2.29. The Morgan fingerprint density at radius 3 is 2.94 bits per heavy atom. The lowest BCUT2D eigenvalue weighted by Crippen LogP contribution is -1.96. The number of pyridine rings is 1. The summed E-state index contributed by atoms with van der Waals surface area (Å²) < 4.78 is 18.7. The van der Waals surface area contributed by atoms with Crippen LogP contribution >= 0.6 is 0 Å². The molecule has 1 aliphatic carbocycles. The topological polar surface area (TPSA) is 48.1 Å². The first kappa shape index (κ1) is 11.0. The summed E-state index contributed by atoms with van der Waals surface area (Å²) in [5.74, 6) is 0.397. The van der Waals surface area contributed by atoms with Gasteiger partial charge < -0.3 is 10.5 Å². The van der Waals surface area contributed by atoms with E-state index in [1.165, 1.54) is 23.8 Å². The van der Waals surface area contributed by atoms with Crippen molar-refractivity contribution in [2.45, 2.75) is 19.3 Å². The standard InChI is InChI=1S/C14H13FN2O/c15-10-5-6-11(16)13(8-10)18-14-7-4-9-2-1-3-12(9)17-14/h4-8H,1-3,16H2. The molecule has 0 radical (unpaired) electrons. The van der Waals surface area contributed by atoms with E-state index in [4.69, 9.17) is 10.5 Å². The maximum absolute atomic E-state index is 13.1. The first-order valence-corrected chi connectivity index (χ1v) is 5.94. The molecule has 0 fully saturated rings. The zero-order valence-corrected chi connectivity index (χ0v) is 9.82. The maximum atomic E-state index is 13.1. The van der Waals surface area contributed by atoms with Crippen molar-refractivity contribution in [3.8, 4) is 11.6 Å². The van der Waals surface area contributed by atoms with Gasteiger partial charge in [0, 0.05) is 17.8 Å². The third-order valence-electron chi connectivity index (χ3n) is 3.09. The molecular formula is C14H13FN2O. The molecule has 4 heteroatoms. The second-order valence-electron chi connectivity index (χ2n) is 4.39. The summed E-state index contributed by atoms with van der Waals surface area (Å²) in [5.41, 5.74) is 8.48. The minimum atomic E-state index is -0.375. The number of ether oxygens (including phenoxy) is 1. The number of aromatic nitrogens is 1. The SMILES string of the molecule is Nc1ccc(F)cc1Oc1ccc2c(n1)CCC2. The van der Waals surface area contributed by atoms with Crippen molar-refractivity contribution >= 4 is 5.69 Å². The lowest BCUT2D eigenvalue weighted by atomic mass is 10.2. The molecule has 2 N–H and O–H groups in total. The molecule has 1 aromatic carbocycles. The van der Waals surface area contributed by atoms with Crippen LogP contribution in [-0.4, -0.2) is 4.98 Å². The summed E-state index contributed by atoms with van der Waals surface area (Å²) >= 11 is 0. The van der Waals surface area contributed by atoms with Gasteiger partial charge in [0.1, 0.15) is 5.82 Å². The monoisotopic (exact) mass is 244 g/mol. The quantitative estimate of drug-likeness (QED) is 0.826. The fourth-order valence-corrected chi connectivity index (χ4v) is 2.17. The summed E-state index contributed by atoms with van der Waals surface area (Å²) in [4.78, 5) is 4.42. The zero-order valence-electron chi connectivity index (χ0n) is 9.82. The van der Waals surface area contributed by atoms with Crippen LogP contribution in [0.1, 0.15) is 17.7 Å². The predicted octanol–water partition coefficient (Wildman–Crippen LogP) is 3.08. The molecule has 3 rings (SSSR count). The fraction of sp³-hybridized carbons (Fsp3) is 0.214. The Kier molecular flexibility index (Phi) is 2.63. The van der Waals surface area contributed by atoms with E-state index in [0.29, 0.717) is 17.3 Å². The minimum Gasteiger partial charge on any atom is -0.437 e. The first-order chi connectivity index (χ1) is 8.72. The average molecular weight is 244 g/mol. The van der Waals surface area contributed by atoms with E-state index in [1.54, 1.807) is 6.07 Å². The summed E-state index contributed by atoms with van der Waals surface area (Å²) in [7, 11) is 0. The predicted molar refractivity (Wildman–Crippen MR) is 67.1 cm³/mol. The van der Waals surface area contributed by atoms with Crippen molar-refractivity contribution in [3.63, 3.8) is 0 Å². The van der Waals surface area contributed by atoms with Crippen molar-refractivity contribution in [1.29, 1.82) is 0 Å². The largest absolute Gasteiger partial charge is 0.437 e. The molecule has 0 spiro atoms. The molecule has 0 atom stereocenters. The Morgan fingerprint density at radius 2 is 2.06 bits per heavy atom. The fourth-order valence-electron chi connectivity index (χ4n) is 2.17. The molecule has 0 saturated carbocycles. The van der Waals surface area contributed by atoms with Crippen LogP contribution in [0.2, 0.25) is 0 Å². The molecular weight excluding hydrogens is 231 g/mol. The molecule has 0 aliphatic heterocycles. The molecule has 0 unspecified atom stereocenters. The van der Waals surface area contributed by atoms with Crippen LogP contribution in [-0.2, 0) is 12.8 Å². The second kappa shape index (κ2) is 4.29. The maximum Gasteiger partial charge on any atom is 0.219 e. The van der Waals surface area contributed by atoms with Gasteiger partial charge in [-0.05, 0) is 37.0 Å². The van der Waals surface area contributed by atoms with E-state index in [1.807, 2.05) is 6.07 Å². The van der Waals surface area contributed by atoms with Crippen LogP contribution in [0.15, 0.2) is 30.3 Å². The smallest absolute Gasteiger partial charge is 0.219 e. The molecule has 0 bridgehead atoms. The van der Waals surface area contributed by atoms with Crippen LogP contribution in [0.3, 0.4) is 0 Å². The van der Waals surface area contributed by atoms with Crippen LogP contribution in [0.4, 0.5) is 10.1 Å². The third kappa shape index (κ3) is 2.01. The van der Waals surface area contributed by atoms with Gasteiger partial charge in [0.05, 0.1) is 5.69 Å². The number of hydrogen-bond donors (Lipinski definition) is 1. The normalized spacial score (nSPS) is 13.4. The second-order valence-corrected chi connectivity index (χ2v) is 4.39. The zero-order chi connectivity index (χ0) is 12.5. The van der Waals surface area contributed by atoms with E-state index in [9.17, 15) is 4.39 Å². The van der Waals surface area contributed by atoms with Gasteiger partial charge >= 0.3 is 0 Å². The van der Waals surface area contributed by atoms with E-state index >= 15 is 0 Å². The number of fused-ring (bicyclic) bond motifs is 1. The van der Waals surface area contributed by atoms with Gasteiger partial charge in [-0.2, -0.15) is 0 Å². The van der Waals surface area contributed by atoms with Crippen molar-refractivity contribution in [3.05, 3.63) is 47.4 Å². The summed E-state index contributed by atoms with van der Waals surface area (Å²) in [6, 6.07) is 7.87. The number of nitrogen functional groups attached to an aromatic ring is 1. The highest BCUT2D eigenvalue weighted by molar-refractivity contribution is 5.53. The van der Waals surface area contributed by atoms with Crippen LogP contribution in [0.25, 0.3) is 0 Å². The lowest BCUT2D eigenvalue weighted by molar-refractivity contribution is 0.458. The molecule has 2 aromatic rings. The van der Waals surface area contributed by atoms with Gasteiger partial charge in [0.2, 0.25) is 5.88 Å². The summed E-state index contributed by atoms with van der Waals surface area (Å²) in [6.45, 7) is 0. The highest BCUT2D eigenvalue weighted by Gasteiger charge is 2.13. The number of nitrogens with zero attached hydrogens (tertiary/aromatic N) is 1. The van der Waals surface area contributed by atoms with Crippen LogP contribution in [0, 0.1) is 5.82 Å². The first-order valence-electron chi connectivity index (χ1n) is 5.94. The number of benzene rings is 1. The summed E-state index contributed by atoms with van der Waals surface area (Å²) in [5, 5.41) is 0. The van der Waals surface area contributed by atoms with Crippen molar-refractivity contribution < 1.29 is 9.13 Å². The Labute approximate surface area is 104 Å². The van der Waals surface area contributed by atoms with E-state index < -0.39 is 0 Å². The van der Waals surface area contributed by atoms with Gasteiger partial charge in [0.25, 0.3) is 0 Å². The molecule has 1 aliphatic rings. The number of aryl methyl sites for hydroxylation is 2. The Hall–Kier alpha value is -2.10. The molecule has 0 amide bonds. The van der Waals surface area contributed by atoms with Gasteiger partial charge in [-0.1, -0.05) is 6.07 Å². The molecule has 3 nitrogen and oxygen atoms in total. The Bertz CT molecular complexity index is 598. The molecule has 92 valence electrons. The third-order valence-corrected chi connectivity index (χ3v) is 3.09. The van der Waals surface area contributed by atoms with E-state index in [2.05, 4.69) is 4.98 Å². The lowest BCUT2D eigenvalue weighted by Gasteiger charge is -2.08. The number of rotatable bonds is 2. The molecule has 18 heavy (non-hydrogen) atoms. The van der Waals surface area contributed by atoms with Crippen molar-refractivity contribution in [1.82, 2.24) is 4.98 Å². The number of halogens is 1. The Balaban J connectivity index is 1.90. The van der Waals surface area contributed by atoms with Crippen molar-refractivity contribution in [2.75, 3.05) is 5.73 Å². The van der Waals surface area contributed by atoms with Gasteiger partial charge in [-0.25, -0.2) is 9.37 Å². The van der Waals surface area contributed by atoms with Crippen molar-refractivity contribution in [2.24, 2.45) is 0 Å². The average Bonchev–Trinajstić information content (AvgIpc) is 2.81. The number of nitrogens with two attached hydrogens (primary N) is 1. The highest BCUT2D eigenvalue weighted by atomic mass is 19.1. The minimum absolute atomic E-state index is 0.306. The molecule has 0 saturated heterocycles. The molecule has 1 heterocycles. The van der Waals surface area contributed by atoms with Crippen LogP contribution < -0.4 is 10.5 Å². The number of hydrogen-bond acceptors (Lipinski definition) is 3.